The van der Waals surface area contributed by atoms with Crippen LogP contribution >= 0.6 is 24.0 Å². The van der Waals surface area contributed by atoms with E-state index in [1.807, 2.05) is 6.07 Å². The summed E-state index contributed by atoms with van der Waals surface area (Å²) in [4.78, 5) is 12.9. The van der Waals surface area contributed by atoms with Gasteiger partial charge in [0.25, 0.3) is 0 Å². The monoisotopic (exact) mass is 254 g/mol. The van der Waals surface area contributed by atoms with Gasteiger partial charge in [0, 0.05) is 11.8 Å². The van der Waals surface area contributed by atoms with Crippen LogP contribution in [0.4, 0.5) is 5.69 Å². The van der Waals surface area contributed by atoms with Gasteiger partial charge in [-0.25, -0.2) is 0 Å². The van der Waals surface area contributed by atoms with Crippen molar-refractivity contribution in [2.75, 3.05) is 17.7 Å². The van der Waals surface area contributed by atoms with Crippen LogP contribution in [0.2, 0.25) is 0 Å². The summed E-state index contributed by atoms with van der Waals surface area (Å²) < 4.78 is 0.595. The molecule has 1 amide bonds. The van der Waals surface area contributed by atoms with Crippen LogP contribution < -0.4 is 5.32 Å². The minimum absolute atomic E-state index is 0.0163. The summed E-state index contributed by atoms with van der Waals surface area (Å²) in [6, 6.07) is 6.73. The molecule has 0 aliphatic carbocycles. The maximum atomic E-state index is 11.4. The van der Waals surface area contributed by atoms with E-state index >= 15 is 0 Å². The Morgan fingerprint density at radius 1 is 1.56 bits per heavy atom. The van der Waals surface area contributed by atoms with E-state index in [9.17, 15) is 9.90 Å². The first-order valence-electron chi connectivity index (χ1n) is 4.67. The van der Waals surface area contributed by atoms with E-state index < -0.39 is 0 Å². The first-order valence-corrected chi connectivity index (χ1v) is 6.06. The Hall–Kier alpha value is -1.27. The fraction of sp³-hybridized carbons (Fsp3) is 0.200. The number of carbonyl (C=O) groups excluding carboxylic acids is 1. The van der Waals surface area contributed by atoms with Crippen molar-refractivity contribution in [3.63, 3.8) is 0 Å². The molecular formula is C10H10N2O2S2. The van der Waals surface area contributed by atoms with Crippen LogP contribution in [0.15, 0.2) is 24.3 Å². The number of amides is 1. The molecule has 2 N–H and O–H groups in total. The van der Waals surface area contributed by atoms with Crippen LogP contribution in [0.3, 0.4) is 0 Å². The Kier molecular flexibility index (Phi) is 3.31. The van der Waals surface area contributed by atoms with Gasteiger partial charge in [-0.2, -0.15) is 0 Å². The highest BCUT2D eigenvalue weighted by Crippen LogP contribution is 2.20. The van der Waals surface area contributed by atoms with Crippen molar-refractivity contribution in [3.8, 4) is 5.75 Å². The molecule has 1 saturated heterocycles. The lowest BCUT2D eigenvalue weighted by Crippen LogP contribution is -2.33. The molecule has 1 aliphatic heterocycles. The van der Waals surface area contributed by atoms with Crippen molar-refractivity contribution in [2.24, 2.45) is 0 Å². The van der Waals surface area contributed by atoms with Crippen LogP contribution in [0.1, 0.15) is 0 Å². The SMILES string of the molecule is O=C1CSC(=S)N1CNc1cccc(O)c1. The molecule has 84 valence electrons. The van der Waals surface area contributed by atoms with Crippen LogP contribution in [0.25, 0.3) is 0 Å². The zero-order chi connectivity index (χ0) is 11.5. The summed E-state index contributed by atoms with van der Waals surface area (Å²) >= 11 is 6.41. The van der Waals surface area contributed by atoms with E-state index in [-0.39, 0.29) is 11.7 Å². The van der Waals surface area contributed by atoms with Crippen LogP contribution in [0, 0.1) is 0 Å². The number of benzene rings is 1. The number of hydrogen-bond acceptors (Lipinski definition) is 5. The van der Waals surface area contributed by atoms with Gasteiger partial charge >= 0.3 is 0 Å². The van der Waals surface area contributed by atoms with Crippen molar-refractivity contribution in [1.82, 2.24) is 4.90 Å². The van der Waals surface area contributed by atoms with Gasteiger partial charge in [0.1, 0.15) is 10.1 Å². The standard InChI is InChI=1S/C10H10N2O2S2/c13-8-3-1-2-7(4-8)11-6-12-9(14)5-16-10(12)15/h1-4,11,13H,5-6H2. The zero-order valence-electron chi connectivity index (χ0n) is 8.34. The lowest BCUT2D eigenvalue weighted by molar-refractivity contribution is -0.123. The number of thioether (sulfide) groups is 1. The Labute approximate surface area is 103 Å². The molecule has 1 heterocycles. The molecule has 0 saturated carbocycles. The van der Waals surface area contributed by atoms with E-state index in [0.29, 0.717) is 16.7 Å². The van der Waals surface area contributed by atoms with Gasteiger partial charge in [-0.1, -0.05) is 30.0 Å². The topological polar surface area (TPSA) is 52.6 Å². The minimum Gasteiger partial charge on any atom is -0.508 e. The molecular weight excluding hydrogens is 244 g/mol. The number of phenols is 1. The molecule has 1 aromatic carbocycles. The van der Waals surface area contributed by atoms with Gasteiger partial charge in [0.05, 0.1) is 12.4 Å². The minimum atomic E-state index is 0.0163. The molecule has 1 fully saturated rings. The third kappa shape index (κ3) is 2.45. The van der Waals surface area contributed by atoms with E-state index in [2.05, 4.69) is 5.32 Å². The van der Waals surface area contributed by atoms with Crippen molar-refractivity contribution < 1.29 is 9.90 Å². The number of nitrogens with zero attached hydrogens (tertiary/aromatic N) is 1. The van der Waals surface area contributed by atoms with E-state index in [0.717, 1.165) is 5.69 Å². The number of anilines is 1. The first kappa shape index (κ1) is 11.2. The molecule has 0 spiro atoms. The maximum absolute atomic E-state index is 11.4. The number of rotatable bonds is 3. The molecule has 0 aromatic heterocycles. The summed E-state index contributed by atoms with van der Waals surface area (Å²) in [5.41, 5.74) is 0.757. The summed E-state index contributed by atoms with van der Waals surface area (Å²) in [6.07, 6.45) is 0. The van der Waals surface area contributed by atoms with E-state index in [1.165, 1.54) is 16.7 Å². The molecule has 1 aromatic rings. The maximum Gasteiger partial charge on any atom is 0.239 e. The highest BCUT2D eigenvalue weighted by atomic mass is 32.2. The Balaban J connectivity index is 1.97. The summed E-state index contributed by atoms with van der Waals surface area (Å²) in [6.45, 7) is 0.341. The second kappa shape index (κ2) is 4.71. The van der Waals surface area contributed by atoms with Gasteiger partial charge in [-0.3, -0.25) is 9.69 Å². The first-order chi connectivity index (χ1) is 7.66. The Morgan fingerprint density at radius 3 is 3.00 bits per heavy atom. The molecule has 4 nitrogen and oxygen atoms in total. The van der Waals surface area contributed by atoms with Crippen molar-refractivity contribution in [2.45, 2.75) is 0 Å². The van der Waals surface area contributed by atoms with Gasteiger partial charge in [0.15, 0.2) is 0 Å². The predicted molar refractivity (Wildman–Crippen MR) is 68.5 cm³/mol. The normalized spacial score (nSPS) is 15.6. The summed E-state index contributed by atoms with van der Waals surface area (Å²) in [7, 11) is 0. The van der Waals surface area contributed by atoms with Crippen molar-refractivity contribution >= 4 is 39.9 Å². The van der Waals surface area contributed by atoms with Crippen LogP contribution in [-0.4, -0.2) is 32.7 Å². The molecule has 2 rings (SSSR count). The van der Waals surface area contributed by atoms with Crippen molar-refractivity contribution in [3.05, 3.63) is 24.3 Å². The fourth-order valence-corrected chi connectivity index (χ4v) is 2.39. The van der Waals surface area contributed by atoms with Gasteiger partial charge < -0.3 is 10.4 Å². The largest absolute Gasteiger partial charge is 0.508 e. The number of hydrogen-bond donors (Lipinski definition) is 2. The fourth-order valence-electron chi connectivity index (χ4n) is 1.32. The van der Waals surface area contributed by atoms with Crippen LogP contribution in [0.5, 0.6) is 5.75 Å². The zero-order valence-corrected chi connectivity index (χ0v) is 9.98. The molecule has 0 radical (unpaired) electrons. The molecule has 1 aliphatic rings. The summed E-state index contributed by atoms with van der Waals surface area (Å²) in [5.74, 6) is 0.623. The number of thiocarbonyl (C=S) groups is 1. The van der Waals surface area contributed by atoms with Crippen molar-refractivity contribution in [1.29, 1.82) is 0 Å². The van der Waals surface area contributed by atoms with Gasteiger partial charge in [-0.05, 0) is 12.1 Å². The highest BCUT2D eigenvalue weighted by molar-refractivity contribution is 8.23. The van der Waals surface area contributed by atoms with Gasteiger partial charge in [0.2, 0.25) is 5.91 Å². The quantitative estimate of drug-likeness (QED) is 0.803. The second-order valence-corrected chi connectivity index (χ2v) is 4.87. The molecule has 0 bridgehead atoms. The summed E-state index contributed by atoms with van der Waals surface area (Å²) in [5, 5.41) is 12.3. The molecule has 0 atom stereocenters. The second-order valence-electron chi connectivity index (χ2n) is 3.26. The average Bonchev–Trinajstić information content (AvgIpc) is 2.56. The smallest absolute Gasteiger partial charge is 0.239 e. The predicted octanol–water partition coefficient (Wildman–Crippen LogP) is 1.62. The van der Waals surface area contributed by atoms with E-state index in [4.69, 9.17) is 12.2 Å². The highest BCUT2D eigenvalue weighted by Gasteiger charge is 2.25. The molecule has 16 heavy (non-hydrogen) atoms. The van der Waals surface area contributed by atoms with Crippen LogP contribution in [-0.2, 0) is 4.79 Å². The number of phenolic OH excluding ortho intramolecular Hbond substituents is 1. The number of nitrogens with one attached hydrogen (secondary N) is 1. The lowest BCUT2D eigenvalue weighted by Gasteiger charge is -2.16. The molecule has 6 heteroatoms. The molecule has 0 unspecified atom stereocenters. The lowest BCUT2D eigenvalue weighted by atomic mass is 10.3. The Morgan fingerprint density at radius 2 is 2.38 bits per heavy atom. The average molecular weight is 254 g/mol. The Bertz CT molecular complexity index is 421. The number of carbonyl (C=O) groups is 1. The van der Waals surface area contributed by atoms with Gasteiger partial charge in [-0.15, -0.1) is 0 Å². The number of aromatic hydroxyl groups is 1. The van der Waals surface area contributed by atoms with E-state index in [1.54, 1.807) is 18.2 Å². The third-order valence-electron chi connectivity index (χ3n) is 2.13. The third-order valence-corrected chi connectivity index (χ3v) is 3.56.